The number of carbonyl (C=O) groups is 1. The summed E-state index contributed by atoms with van der Waals surface area (Å²) in [5.74, 6) is 0.261. The van der Waals surface area contributed by atoms with E-state index in [-0.39, 0.29) is 23.4 Å². The number of anilines is 2. The molecule has 37 heavy (non-hydrogen) atoms. The molecule has 0 bridgehead atoms. The molecule has 1 aliphatic carbocycles. The predicted octanol–water partition coefficient (Wildman–Crippen LogP) is 0.833. The maximum atomic E-state index is 14.0. The molecule has 0 spiro atoms. The van der Waals surface area contributed by atoms with E-state index in [0.29, 0.717) is 23.6 Å². The number of benzene rings is 1. The summed E-state index contributed by atoms with van der Waals surface area (Å²) in [5.41, 5.74) is 7.89. The van der Waals surface area contributed by atoms with Gasteiger partial charge in [-0.2, -0.15) is 0 Å². The predicted molar refractivity (Wildman–Crippen MR) is 146 cm³/mol. The van der Waals surface area contributed by atoms with Gasteiger partial charge in [0.05, 0.1) is 41.0 Å². The number of piperazine rings is 1. The molecule has 1 saturated carbocycles. The zero-order chi connectivity index (χ0) is 26.5. The van der Waals surface area contributed by atoms with Crippen molar-refractivity contribution >= 4 is 39.5 Å². The van der Waals surface area contributed by atoms with Crippen LogP contribution in [0.4, 0.5) is 11.4 Å². The van der Waals surface area contributed by atoms with Crippen LogP contribution in [0.25, 0.3) is 0 Å². The van der Waals surface area contributed by atoms with Gasteiger partial charge in [-0.25, -0.2) is 13.1 Å². The summed E-state index contributed by atoms with van der Waals surface area (Å²) in [6, 6.07) is 3.27. The monoisotopic (exact) mass is 528 g/mol. The van der Waals surface area contributed by atoms with Crippen LogP contribution in [0.1, 0.15) is 37.0 Å². The fraction of sp³-hybridized carbons (Fsp3) is 0.560. The topological polar surface area (TPSA) is 127 Å². The molecule has 12 heteroatoms. The molecule has 5 rings (SSSR count). The number of guanidine groups is 1. The Bertz CT molecular complexity index is 1290. The Kier molecular flexibility index (Phi) is 6.53. The van der Waals surface area contributed by atoms with Crippen molar-refractivity contribution in [1.82, 2.24) is 14.5 Å². The van der Waals surface area contributed by atoms with Crippen LogP contribution in [0.2, 0.25) is 0 Å². The number of amides is 1. The van der Waals surface area contributed by atoms with E-state index >= 15 is 0 Å². The fourth-order valence-corrected chi connectivity index (χ4v) is 6.60. The van der Waals surface area contributed by atoms with Crippen molar-refractivity contribution in [1.29, 1.82) is 0 Å². The van der Waals surface area contributed by atoms with Gasteiger partial charge in [-0.15, -0.1) is 0 Å². The molecule has 11 nitrogen and oxygen atoms in total. The van der Waals surface area contributed by atoms with Gasteiger partial charge in [-0.1, -0.05) is 0 Å². The first-order valence-electron chi connectivity index (χ1n) is 12.7. The minimum absolute atomic E-state index is 0.00618. The summed E-state index contributed by atoms with van der Waals surface area (Å²) in [7, 11) is -0.115. The number of fused-ring (bicyclic) bond motifs is 3. The highest BCUT2D eigenvalue weighted by Gasteiger charge is 2.45. The molecule has 3 heterocycles. The second-order valence-electron chi connectivity index (χ2n) is 10.7. The highest BCUT2D eigenvalue weighted by molar-refractivity contribution is 7.89. The Hall–Kier alpha value is -2.96. The minimum atomic E-state index is -3.83. The maximum Gasteiger partial charge on any atom is 0.263 e. The average Bonchev–Trinajstić information content (AvgIpc) is 3.45. The fourth-order valence-electron chi connectivity index (χ4n) is 5.09. The van der Waals surface area contributed by atoms with Gasteiger partial charge in [0.25, 0.3) is 5.91 Å². The third kappa shape index (κ3) is 4.73. The van der Waals surface area contributed by atoms with Crippen LogP contribution in [0.15, 0.2) is 38.8 Å². The number of aliphatic imine (C=N–C) groups is 2. The smallest absolute Gasteiger partial charge is 0.263 e. The largest absolute Gasteiger partial charge is 0.404 e. The summed E-state index contributed by atoms with van der Waals surface area (Å²) in [4.78, 5) is 31.0. The number of nitrogens with two attached hydrogens (primary N) is 1. The van der Waals surface area contributed by atoms with E-state index in [2.05, 4.69) is 38.4 Å². The molecule has 2 fully saturated rings. The summed E-state index contributed by atoms with van der Waals surface area (Å²) < 4.78 is 29.9. The Morgan fingerprint density at radius 1 is 1.27 bits per heavy atom. The van der Waals surface area contributed by atoms with Crippen molar-refractivity contribution in [3.8, 4) is 0 Å². The standard InChI is InChI=1S/C25H36N8O3S/c1-17-14-28-24-32(16-18(13-26)15-27-3)23(34)20-11-19(37(35,36)29-25(2)5-6-25)12-21(22(20)33(17)24)31-9-7-30(4)8-10-31/h11-13,15,17,29H,5-10,14,16,26H2,1-4H3/b18-13+,27-15?/t17-/m1/s1. The summed E-state index contributed by atoms with van der Waals surface area (Å²) in [5, 5.41) is 0. The average molecular weight is 529 g/mol. The van der Waals surface area contributed by atoms with Gasteiger partial charge in [-0.3, -0.25) is 19.7 Å². The van der Waals surface area contributed by atoms with E-state index in [4.69, 9.17) is 10.7 Å². The van der Waals surface area contributed by atoms with Crippen molar-refractivity contribution < 1.29 is 13.2 Å². The quantitative estimate of drug-likeness (QED) is 0.502. The zero-order valence-electron chi connectivity index (χ0n) is 21.9. The highest BCUT2D eigenvalue weighted by atomic mass is 32.2. The van der Waals surface area contributed by atoms with Crippen LogP contribution in [0.5, 0.6) is 0 Å². The normalized spacial score (nSPS) is 23.9. The lowest BCUT2D eigenvalue weighted by molar-refractivity contribution is 0.0850. The van der Waals surface area contributed by atoms with Crippen molar-refractivity contribution in [3.63, 3.8) is 0 Å². The first kappa shape index (κ1) is 25.7. The summed E-state index contributed by atoms with van der Waals surface area (Å²) in [6.07, 6.45) is 4.64. The van der Waals surface area contributed by atoms with Crippen LogP contribution in [0, 0.1) is 0 Å². The van der Waals surface area contributed by atoms with Gasteiger partial charge in [-0.05, 0) is 45.9 Å². The van der Waals surface area contributed by atoms with Crippen LogP contribution < -0.4 is 20.3 Å². The number of sulfonamides is 1. The SMILES string of the molecule is CN=C/C(=C\N)CN1C(=O)c2cc(S(=O)(=O)NC3(C)CC3)cc(N3CCN(C)CC3)c2N2C1=NC[C@H]2C. The second-order valence-corrected chi connectivity index (χ2v) is 12.4. The Labute approximate surface area is 218 Å². The first-order valence-corrected chi connectivity index (χ1v) is 14.2. The molecule has 4 aliphatic rings. The van der Waals surface area contributed by atoms with E-state index in [9.17, 15) is 13.2 Å². The van der Waals surface area contributed by atoms with Gasteiger partial charge in [0, 0.05) is 56.8 Å². The molecule has 0 radical (unpaired) electrons. The van der Waals surface area contributed by atoms with E-state index in [1.165, 1.54) is 12.3 Å². The van der Waals surface area contributed by atoms with E-state index in [1.54, 1.807) is 24.2 Å². The second kappa shape index (κ2) is 9.41. The number of hydrogen-bond donors (Lipinski definition) is 2. The van der Waals surface area contributed by atoms with Crippen LogP contribution in [0.3, 0.4) is 0 Å². The third-order valence-electron chi connectivity index (χ3n) is 7.56. The van der Waals surface area contributed by atoms with Crippen LogP contribution >= 0.6 is 0 Å². The van der Waals surface area contributed by atoms with Crippen molar-refractivity contribution in [2.45, 2.75) is 43.2 Å². The van der Waals surface area contributed by atoms with Gasteiger partial charge < -0.3 is 20.4 Å². The maximum absolute atomic E-state index is 14.0. The number of hydrogen-bond acceptors (Lipinski definition) is 9. The van der Waals surface area contributed by atoms with Gasteiger partial charge in [0.2, 0.25) is 16.0 Å². The molecule has 1 aromatic carbocycles. The molecule has 3 aliphatic heterocycles. The molecular formula is C25H36N8O3S. The molecule has 1 atom stereocenters. The molecule has 1 saturated heterocycles. The third-order valence-corrected chi connectivity index (χ3v) is 9.18. The van der Waals surface area contributed by atoms with Gasteiger partial charge >= 0.3 is 0 Å². The summed E-state index contributed by atoms with van der Waals surface area (Å²) >= 11 is 0. The zero-order valence-corrected chi connectivity index (χ0v) is 22.8. The Morgan fingerprint density at radius 2 is 1.97 bits per heavy atom. The Balaban J connectivity index is 1.66. The Morgan fingerprint density at radius 3 is 2.59 bits per heavy atom. The molecule has 1 amide bonds. The number of carbonyl (C=O) groups excluding carboxylic acids is 1. The lowest BCUT2D eigenvalue weighted by atomic mass is 10.0. The lowest BCUT2D eigenvalue weighted by Gasteiger charge is -2.42. The van der Waals surface area contributed by atoms with Crippen LogP contribution in [-0.2, 0) is 10.0 Å². The van der Waals surface area contributed by atoms with Crippen molar-refractivity contribution in [2.24, 2.45) is 15.7 Å². The lowest BCUT2D eigenvalue weighted by Crippen LogP contribution is -2.54. The minimum Gasteiger partial charge on any atom is -0.404 e. The van der Waals surface area contributed by atoms with Crippen molar-refractivity contribution in [3.05, 3.63) is 29.5 Å². The molecule has 0 aromatic heterocycles. The number of nitrogens with zero attached hydrogens (tertiary/aromatic N) is 6. The van der Waals surface area contributed by atoms with Crippen molar-refractivity contribution in [2.75, 3.05) is 63.2 Å². The number of rotatable bonds is 7. The summed E-state index contributed by atoms with van der Waals surface area (Å²) in [6.45, 7) is 7.85. The molecule has 3 N–H and O–H groups in total. The molecular weight excluding hydrogens is 492 g/mol. The highest BCUT2D eigenvalue weighted by Crippen LogP contribution is 2.43. The number of likely N-dealkylation sites (N-methyl/N-ethyl adjacent to an activating group) is 1. The number of nitrogens with one attached hydrogen (secondary N) is 1. The molecule has 1 aromatic rings. The molecule has 0 unspecified atom stereocenters. The van der Waals surface area contributed by atoms with Gasteiger partial charge in [0.1, 0.15) is 0 Å². The van der Waals surface area contributed by atoms with E-state index < -0.39 is 15.6 Å². The van der Waals surface area contributed by atoms with Gasteiger partial charge in [0.15, 0.2) is 0 Å². The van der Waals surface area contributed by atoms with E-state index in [1.807, 2.05) is 6.92 Å². The first-order chi connectivity index (χ1) is 17.6. The van der Waals surface area contributed by atoms with Crippen LogP contribution in [-0.4, -0.2) is 101 Å². The van der Waals surface area contributed by atoms with E-state index in [0.717, 1.165) is 50.4 Å². The molecule has 200 valence electrons.